The fraction of sp³-hybridized carbons (Fsp3) is 0.133. The molecule has 1 atom stereocenters. The highest BCUT2D eigenvalue weighted by Crippen LogP contribution is 2.32. The fourth-order valence-electron chi connectivity index (χ4n) is 4.07. The van der Waals surface area contributed by atoms with Crippen molar-refractivity contribution in [2.75, 3.05) is 7.11 Å². The number of hydrogen-bond acceptors (Lipinski definition) is 3. The molecule has 9 heteroatoms. The number of nitrogens with one attached hydrogen (secondary N) is 1. The molecule has 4 aromatic rings. The van der Waals surface area contributed by atoms with Crippen LogP contribution in [0.25, 0.3) is 22.3 Å². The number of hydrogen-bond donors (Lipinski definition) is 2. The second-order valence-corrected chi connectivity index (χ2v) is 8.76. The van der Waals surface area contributed by atoms with Crippen LogP contribution in [0.2, 0.25) is 0 Å². The molecule has 0 bridgehead atoms. The number of alkyl halides is 3. The maximum atomic E-state index is 13.7. The Bertz CT molecular complexity index is 1470. The first-order valence-corrected chi connectivity index (χ1v) is 11.8. The minimum Gasteiger partial charge on any atom is -0.496 e. The lowest BCUT2D eigenvalue weighted by molar-refractivity contribution is -0.139. The molecular formula is C30H23F4NO4. The summed E-state index contributed by atoms with van der Waals surface area (Å²) in [4.78, 5) is 24.6. The molecule has 0 saturated carbocycles. The number of carboxylic acid groups (broad SMARTS) is 1. The van der Waals surface area contributed by atoms with Gasteiger partial charge in [0.25, 0.3) is 5.91 Å². The second-order valence-electron chi connectivity index (χ2n) is 8.76. The molecule has 0 fully saturated rings. The molecule has 4 rings (SSSR count). The van der Waals surface area contributed by atoms with Crippen LogP contribution in [-0.2, 0) is 17.4 Å². The predicted molar refractivity (Wildman–Crippen MR) is 138 cm³/mol. The maximum absolute atomic E-state index is 13.7. The molecule has 0 saturated heterocycles. The van der Waals surface area contributed by atoms with Crippen molar-refractivity contribution in [2.24, 2.45) is 0 Å². The van der Waals surface area contributed by atoms with Gasteiger partial charge in [-0.25, -0.2) is 9.18 Å². The Morgan fingerprint density at radius 3 is 1.95 bits per heavy atom. The lowest BCUT2D eigenvalue weighted by Gasteiger charge is -2.16. The predicted octanol–water partition coefficient (Wildman–Crippen LogP) is 6.61. The average Bonchev–Trinajstić information content (AvgIpc) is 2.92. The third-order valence-corrected chi connectivity index (χ3v) is 6.16. The van der Waals surface area contributed by atoms with E-state index < -0.39 is 35.5 Å². The second kappa shape index (κ2) is 11.4. The van der Waals surface area contributed by atoms with Gasteiger partial charge in [0.1, 0.15) is 17.6 Å². The van der Waals surface area contributed by atoms with E-state index >= 15 is 0 Å². The SMILES string of the molecule is COc1ccc(F)cc1-c1ccc(CC(NC(=O)c2ccc(-c3ccc(C(F)(F)F)cc3)cc2)C(=O)O)cc1. The van der Waals surface area contributed by atoms with E-state index in [-0.39, 0.29) is 12.0 Å². The third kappa shape index (κ3) is 6.62. The van der Waals surface area contributed by atoms with E-state index in [0.717, 1.165) is 12.1 Å². The molecule has 0 heterocycles. The molecule has 39 heavy (non-hydrogen) atoms. The molecule has 0 radical (unpaired) electrons. The zero-order valence-corrected chi connectivity index (χ0v) is 20.6. The van der Waals surface area contributed by atoms with E-state index in [1.165, 1.54) is 49.6 Å². The Kier molecular flexibility index (Phi) is 7.99. The number of carbonyl (C=O) groups is 2. The van der Waals surface area contributed by atoms with Crippen molar-refractivity contribution in [1.82, 2.24) is 5.32 Å². The van der Waals surface area contributed by atoms with E-state index in [9.17, 15) is 32.3 Å². The number of rotatable bonds is 8. The highest BCUT2D eigenvalue weighted by molar-refractivity contribution is 5.97. The van der Waals surface area contributed by atoms with Crippen molar-refractivity contribution in [1.29, 1.82) is 0 Å². The standard InChI is InChI=1S/C30H23F4NO4/c1-39-27-15-14-24(31)17-25(27)21-4-2-18(3-5-21)16-26(29(37)38)35-28(36)22-8-6-19(7-9-22)20-10-12-23(13-11-20)30(32,33)34/h2-15,17,26H,16H2,1H3,(H,35,36)(H,37,38). The molecule has 0 aliphatic heterocycles. The monoisotopic (exact) mass is 537 g/mol. The first kappa shape index (κ1) is 27.4. The zero-order valence-electron chi connectivity index (χ0n) is 20.6. The Labute approximate surface area is 221 Å². The Hall–Kier alpha value is -4.66. The molecule has 200 valence electrons. The number of ether oxygens (including phenoxy) is 1. The summed E-state index contributed by atoms with van der Waals surface area (Å²) in [7, 11) is 1.48. The lowest BCUT2D eigenvalue weighted by atomic mass is 9.99. The Morgan fingerprint density at radius 2 is 1.41 bits per heavy atom. The number of carboxylic acids is 1. The molecule has 0 aromatic heterocycles. The summed E-state index contributed by atoms with van der Waals surface area (Å²) in [6, 6.07) is 20.5. The van der Waals surface area contributed by atoms with Crippen LogP contribution in [0.4, 0.5) is 17.6 Å². The first-order chi connectivity index (χ1) is 18.5. The molecular weight excluding hydrogens is 514 g/mol. The van der Waals surface area contributed by atoms with Crippen molar-refractivity contribution in [3.8, 4) is 28.0 Å². The van der Waals surface area contributed by atoms with Crippen LogP contribution >= 0.6 is 0 Å². The molecule has 0 aliphatic carbocycles. The summed E-state index contributed by atoms with van der Waals surface area (Å²) in [6.45, 7) is 0. The number of methoxy groups -OCH3 is 1. The summed E-state index contributed by atoms with van der Waals surface area (Å²) in [5.74, 6) is -1.76. The van der Waals surface area contributed by atoms with Gasteiger partial charge in [-0.2, -0.15) is 13.2 Å². The van der Waals surface area contributed by atoms with Crippen LogP contribution in [0, 0.1) is 5.82 Å². The van der Waals surface area contributed by atoms with Crippen molar-refractivity contribution in [3.63, 3.8) is 0 Å². The van der Waals surface area contributed by atoms with Crippen molar-refractivity contribution in [3.05, 3.63) is 114 Å². The van der Waals surface area contributed by atoms with Crippen LogP contribution in [0.1, 0.15) is 21.5 Å². The number of carbonyl (C=O) groups excluding carboxylic acids is 1. The van der Waals surface area contributed by atoms with Gasteiger partial charge < -0.3 is 15.2 Å². The average molecular weight is 538 g/mol. The van der Waals surface area contributed by atoms with Crippen LogP contribution in [-0.4, -0.2) is 30.1 Å². The van der Waals surface area contributed by atoms with Gasteiger partial charge in [-0.15, -0.1) is 0 Å². The van der Waals surface area contributed by atoms with Gasteiger partial charge in [-0.1, -0.05) is 48.5 Å². The fourth-order valence-corrected chi connectivity index (χ4v) is 4.07. The molecule has 0 spiro atoms. The summed E-state index contributed by atoms with van der Waals surface area (Å²) >= 11 is 0. The number of aliphatic carboxylic acids is 1. The first-order valence-electron chi connectivity index (χ1n) is 11.8. The van der Waals surface area contributed by atoms with E-state index in [2.05, 4.69) is 5.32 Å². The largest absolute Gasteiger partial charge is 0.496 e. The van der Waals surface area contributed by atoms with Crippen LogP contribution in [0.15, 0.2) is 91.0 Å². The number of amides is 1. The quantitative estimate of drug-likeness (QED) is 0.248. The smallest absolute Gasteiger partial charge is 0.416 e. The van der Waals surface area contributed by atoms with Gasteiger partial charge >= 0.3 is 12.1 Å². The molecule has 5 nitrogen and oxygen atoms in total. The van der Waals surface area contributed by atoms with Crippen LogP contribution in [0.5, 0.6) is 5.75 Å². The van der Waals surface area contributed by atoms with Gasteiger partial charge in [-0.3, -0.25) is 4.79 Å². The van der Waals surface area contributed by atoms with E-state index in [0.29, 0.717) is 33.6 Å². The molecule has 2 N–H and O–H groups in total. The van der Waals surface area contributed by atoms with Gasteiger partial charge in [0.15, 0.2) is 0 Å². The van der Waals surface area contributed by atoms with Gasteiger partial charge in [0, 0.05) is 17.5 Å². The van der Waals surface area contributed by atoms with Crippen molar-refractivity contribution >= 4 is 11.9 Å². The number of halogens is 4. The lowest BCUT2D eigenvalue weighted by Crippen LogP contribution is -2.42. The molecule has 1 amide bonds. The minimum atomic E-state index is -4.43. The highest BCUT2D eigenvalue weighted by atomic mass is 19.4. The summed E-state index contributed by atoms with van der Waals surface area (Å²) < 4.78 is 57.4. The molecule has 4 aromatic carbocycles. The van der Waals surface area contributed by atoms with Crippen molar-refractivity contribution < 1.29 is 37.0 Å². The van der Waals surface area contributed by atoms with Crippen LogP contribution < -0.4 is 10.1 Å². The number of benzene rings is 4. The third-order valence-electron chi connectivity index (χ3n) is 6.16. The van der Waals surface area contributed by atoms with Crippen molar-refractivity contribution in [2.45, 2.75) is 18.6 Å². The highest BCUT2D eigenvalue weighted by Gasteiger charge is 2.30. The van der Waals surface area contributed by atoms with Gasteiger partial charge in [0.2, 0.25) is 0 Å². The summed E-state index contributed by atoms with van der Waals surface area (Å²) in [5.41, 5.74) is 2.45. The topological polar surface area (TPSA) is 75.6 Å². The van der Waals surface area contributed by atoms with Gasteiger partial charge in [0.05, 0.1) is 12.7 Å². The van der Waals surface area contributed by atoms with E-state index in [1.54, 1.807) is 36.4 Å². The summed E-state index contributed by atoms with van der Waals surface area (Å²) in [6.07, 6.45) is -4.43. The van der Waals surface area contributed by atoms with E-state index in [4.69, 9.17) is 4.74 Å². The maximum Gasteiger partial charge on any atom is 0.416 e. The Balaban J connectivity index is 1.44. The Morgan fingerprint density at radius 1 is 0.846 bits per heavy atom. The normalized spacial score (nSPS) is 12.0. The summed E-state index contributed by atoms with van der Waals surface area (Å²) in [5, 5.41) is 12.2. The van der Waals surface area contributed by atoms with Crippen LogP contribution in [0.3, 0.4) is 0 Å². The van der Waals surface area contributed by atoms with Gasteiger partial charge in [-0.05, 0) is 64.7 Å². The molecule has 0 aliphatic rings. The van der Waals surface area contributed by atoms with E-state index in [1.807, 2.05) is 0 Å². The zero-order chi connectivity index (χ0) is 28.2. The molecule has 1 unspecified atom stereocenters. The minimum absolute atomic E-state index is 0.00523.